The molecule has 1 aliphatic rings. The zero-order valence-corrected chi connectivity index (χ0v) is 4.85. The maximum absolute atomic E-state index is 10.3. The maximum Gasteiger partial charge on any atom is 0.217 e. The predicted octanol–water partition coefficient (Wildman–Crippen LogP) is -0.778. The second-order valence-electron chi connectivity index (χ2n) is 2.21. The van der Waals surface area contributed by atoms with Gasteiger partial charge in [0.2, 0.25) is 5.91 Å². The van der Waals surface area contributed by atoms with Gasteiger partial charge in [0.15, 0.2) is 0 Å². The molecule has 1 rings (SSSR count). The van der Waals surface area contributed by atoms with Gasteiger partial charge in [-0.1, -0.05) is 0 Å². The van der Waals surface area contributed by atoms with Gasteiger partial charge in [0.05, 0.1) is 0 Å². The van der Waals surface area contributed by atoms with Crippen molar-refractivity contribution in [1.82, 2.24) is 5.32 Å². The number of carbonyl (C=O) groups excluding carboxylic acids is 1. The Kier molecular flexibility index (Phi) is 1.21. The van der Waals surface area contributed by atoms with Gasteiger partial charge in [0.25, 0.3) is 0 Å². The Morgan fingerprint density at radius 1 is 1.88 bits per heavy atom. The first kappa shape index (κ1) is 5.56. The SMILES string of the molecule is CC(=O)N[C@@H]1C[C@H]1N. The van der Waals surface area contributed by atoms with Crippen LogP contribution in [0.3, 0.4) is 0 Å². The van der Waals surface area contributed by atoms with Gasteiger partial charge in [-0.25, -0.2) is 0 Å². The Balaban J connectivity index is 2.14. The molecule has 3 N–H and O–H groups in total. The van der Waals surface area contributed by atoms with Gasteiger partial charge in [-0.05, 0) is 6.42 Å². The Bertz CT molecular complexity index is 113. The van der Waals surface area contributed by atoms with Crippen LogP contribution in [0.5, 0.6) is 0 Å². The lowest BCUT2D eigenvalue weighted by Crippen LogP contribution is -2.26. The lowest BCUT2D eigenvalue weighted by atomic mass is 10.6. The van der Waals surface area contributed by atoms with Crippen LogP contribution < -0.4 is 11.1 Å². The minimum Gasteiger partial charge on any atom is -0.352 e. The molecule has 0 aliphatic heterocycles. The van der Waals surface area contributed by atoms with Crippen molar-refractivity contribution in [3.8, 4) is 0 Å². The molecule has 1 amide bonds. The normalized spacial score (nSPS) is 34.2. The summed E-state index contributed by atoms with van der Waals surface area (Å²) in [5.41, 5.74) is 5.40. The highest BCUT2D eigenvalue weighted by Gasteiger charge is 2.33. The summed E-state index contributed by atoms with van der Waals surface area (Å²) in [4.78, 5) is 10.3. The molecule has 46 valence electrons. The lowest BCUT2D eigenvalue weighted by molar-refractivity contribution is -0.119. The molecule has 3 heteroatoms. The average Bonchev–Trinajstić information content (AvgIpc) is 2.17. The summed E-state index contributed by atoms with van der Waals surface area (Å²) in [6.45, 7) is 1.50. The highest BCUT2D eigenvalue weighted by molar-refractivity contribution is 5.73. The highest BCUT2D eigenvalue weighted by atomic mass is 16.1. The molecular formula is C5H10N2O. The van der Waals surface area contributed by atoms with Crippen molar-refractivity contribution in [2.24, 2.45) is 5.73 Å². The first-order valence-electron chi connectivity index (χ1n) is 2.73. The van der Waals surface area contributed by atoms with E-state index in [-0.39, 0.29) is 18.0 Å². The molecule has 0 radical (unpaired) electrons. The fourth-order valence-electron chi connectivity index (χ4n) is 0.642. The van der Waals surface area contributed by atoms with E-state index in [1.54, 1.807) is 0 Å². The largest absolute Gasteiger partial charge is 0.352 e. The van der Waals surface area contributed by atoms with Gasteiger partial charge in [0.1, 0.15) is 0 Å². The minimum atomic E-state index is 0.0166. The van der Waals surface area contributed by atoms with Crippen molar-refractivity contribution in [2.45, 2.75) is 25.4 Å². The lowest BCUT2D eigenvalue weighted by Gasteiger charge is -1.94. The highest BCUT2D eigenvalue weighted by Crippen LogP contribution is 2.16. The third-order valence-electron chi connectivity index (χ3n) is 1.23. The smallest absolute Gasteiger partial charge is 0.217 e. The van der Waals surface area contributed by atoms with Crippen molar-refractivity contribution in [1.29, 1.82) is 0 Å². The van der Waals surface area contributed by atoms with Crippen LogP contribution in [-0.4, -0.2) is 18.0 Å². The van der Waals surface area contributed by atoms with E-state index in [1.165, 1.54) is 6.92 Å². The molecule has 0 aromatic heterocycles. The average molecular weight is 114 g/mol. The molecule has 1 aliphatic carbocycles. The van der Waals surface area contributed by atoms with Crippen LogP contribution in [0.4, 0.5) is 0 Å². The van der Waals surface area contributed by atoms with Crippen LogP contribution >= 0.6 is 0 Å². The summed E-state index contributed by atoms with van der Waals surface area (Å²) in [6.07, 6.45) is 0.944. The maximum atomic E-state index is 10.3. The quantitative estimate of drug-likeness (QED) is 0.470. The molecule has 0 spiro atoms. The van der Waals surface area contributed by atoms with Gasteiger partial charge >= 0.3 is 0 Å². The van der Waals surface area contributed by atoms with Crippen molar-refractivity contribution in [2.75, 3.05) is 0 Å². The summed E-state index contributed by atoms with van der Waals surface area (Å²) < 4.78 is 0. The molecule has 2 atom stereocenters. The molecule has 0 aromatic carbocycles. The van der Waals surface area contributed by atoms with Crippen LogP contribution in [0, 0.1) is 0 Å². The molecule has 0 aromatic rings. The van der Waals surface area contributed by atoms with E-state index in [0.717, 1.165) is 6.42 Å². The number of rotatable bonds is 1. The Morgan fingerprint density at radius 2 is 2.38 bits per heavy atom. The third-order valence-corrected chi connectivity index (χ3v) is 1.23. The van der Waals surface area contributed by atoms with Crippen molar-refractivity contribution in [3.63, 3.8) is 0 Å². The monoisotopic (exact) mass is 114 g/mol. The summed E-state index contributed by atoms with van der Waals surface area (Å²) in [7, 11) is 0. The summed E-state index contributed by atoms with van der Waals surface area (Å²) >= 11 is 0. The second kappa shape index (κ2) is 1.74. The number of nitrogens with one attached hydrogen (secondary N) is 1. The van der Waals surface area contributed by atoms with Gasteiger partial charge in [-0.2, -0.15) is 0 Å². The van der Waals surface area contributed by atoms with E-state index in [0.29, 0.717) is 0 Å². The summed E-state index contributed by atoms with van der Waals surface area (Å²) in [5.74, 6) is 0.0166. The Morgan fingerprint density at radius 3 is 2.50 bits per heavy atom. The van der Waals surface area contributed by atoms with Gasteiger partial charge in [-0.3, -0.25) is 4.79 Å². The topological polar surface area (TPSA) is 55.1 Å². The zero-order valence-electron chi connectivity index (χ0n) is 4.85. The summed E-state index contributed by atoms with van der Waals surface area (Å²) in [6, 6.07) is 0.492. The molecule has 3 nitrogen and oxygen atoms in total. The van der Waals surface area contributed by atoms with Crippen molar-refractivity contribution in [3.05, 3.63) is 0 Å². The number of hydrogen-bond acceptors (Lipinski definition) is 2. The number of carbonyl (C=O) groups is 1. The van der Waals surface area contributed by atoms with E-state index in [1.807, 2.05) is 0 Å². The van der Waals surface area contributed by atoms with E-state index in [4.69, 9.17) is 5.73 Å². The van der Waals surface area contributed by atoms with E-state index in [2.05, 4.69) is 5.32 Å². The van der Waals surface area contributed by atoms with Crippen LogP contribution in [0.15, 0.2) is 0 Å². The predicted molar refractivity (Wildman–Crippen MR) is 30.2 cm³/mol. The fourth-order valence-corrected chi connectivity index (χ4v) is 0.642. The molecular weight excluding hydrogens is 104 g/mol. The zero-order chi connectivity index (χ0) is 6.15. The Hall–Kier alpha value is -0.570. The number of nitrogens with two attached hydrogens (primary N) is 1. The van der Waals surface area contributed by atoms with Crippen LogP contribution in [0.1, 0.15) is 13.3 Å². The van der Waals surface area contributed by atoms with Crippen molar-refractivity contribution < 1.29 is 4.79 Å². The second-order valence-corrected chi connectivity index (χ2v) is 2.21. The van der Waals surface area contributed by atoms with Gasteiger partial charge in [0, 0.05) is 19.0 Å². The minimum absolute atomic E-state index is 0.0166. The first-order valence-corrected chi connectivity index (χ1v) is 2.73. The number of amides is 1. The molecule has 0 bridgehead atoms. The van der Waals surface area contributed by atoms with E-state index < -0.39 is 0 Å². The Labute approximate surface area is 48.2 Å². The van der Waals surface area contributed by atoms with Gasteiger partial charge < -0.3 is 11.1 Å². The van der Waals surface area contributed by atoms with E-state index in [9.17, 15) is 4.79 Å². The van der Waals surface area contributed by atoms with Crippen LogP contribution in [0.2, 0.25) is 0 Å². The van der Waals surface area contributed by atoms with Crippen molar-refractivity contribution >= 4 is 5.91 Å². The van der Waals surface area contributed by atoms with Gasteiger partial charge in [-0.15, -0.1) is 0 Å². The fraction of sp³-hybridized carbons (Fsp3) is 0.800. The first-order chi connectivity index (χ1) is 3.70. The third kappa shape index (κ3) is 1.20. The molecule has 0 unspecified atom stereocenters. The number of hydrogen-bond donors (Lipinski definition) is 2. The molecule has 1 saturated carbocycles. The molecule has 1 fully saturated rings. The molecule has 8 heavy (non-hydrogen) atoms. The standard InChI is InChI=1S/C5H10N2O/c1-3(8)7-5-2-4(5)6/h4-5H,2,6H2,1H3,(H,7,8)/t4-,5-/m1/s1. The van der Waals surface area contributed by atoms with Crippen LogP contribution in [-0.2, 0) is 4.79 Å². The van der Waals surface area contributed by atoms with E-state index >= 15 is 0 Å². The molecule has 0 saturated heterocycles. The molecule has 0 heterocycles. The van der Waals surface area contributed by atoms with Crippen LogP contribution in [0.25, 0.3) is 0 Å². The summed E-state index contributed by atoms with van der Waals surface area (Å²) in [5, 5.41) is 2.70.